The van der Waals surface area contributed by atoms with E-state index in [1.54, 1.807) is 7.11 Å². The number of hydrogen-bond acceptors (Lipinski definition) is 4. The molecule has 1 aromatic rings. The molecule has 0 heterocycles. The van der Waals surface area contributed by atoms with Crippen LogP contribution in [0.5, 0.6) is 5.75 Å². The molecule has 0 bridgehead atoms. The first-order valence-corrected chi connectivity index (χ1v) is 7.24. The molecule has 0 spiro atoms. The second-order valence-corrected chi connectivity index (χ2v) is 5.10. The number of benzene rings is 1. The summed E-state index contributed by atoms with van der Waals surface area (Å²) in [7, 11) is 1.62. The number of rotatable bonds is 7. The van der Waals surface area contributed by atoms with E-state index in [1.165, 1.54) is 0 Å². The van der Waals surface area contributed by atoms with Crippen molar-refractivity contribution in [3.05, 3.63) is 29.3 Å². The van der Waals surface area contributed by atoms with Crippen LogP contribution in [0.3, 0.4) is 0 Å². The third kappa shape index (κ3) is 5.76. The molecular weight excluding hydrogens is 266 g/mol. The topological polar surface area (TPSA) is 52.9 Å². The quantitative estimate of drug-likeness (QED) is 0.750. The molecule has 2 N–H and O–H groups in total. The Hall–Kier alpha value is -1.54. The molecule has 0 amide bonds. The lowest BCUT2D eigenvalue weighted by atomic mass is 10.1. The summed E-state index contributed by atoms with van der Waals surface area (Å²) in [5.41, 5.74) is 1.96. The minimum atomic E-state index is 0.0621. The van der Waals surface area contributed by atoms with E-state index in [0.29, 0.717) is 19.0 Å². The summed E-state index contributed by atoms with van der Waals surface area (Å²) in [6.45, 7) is 5.85. The van der Waals surface area contributed by atoms with E-state index in [-0.39, 0.29) is 13.2 Å². The average Bonchev–Trinajstić information content (AvgIpc) is 2.47. The van der Waals surface area contributed by atoms with E-state index in [9.17, 15) is 0 Å². The molecule has 4 nitrogen and oxygen atoms in total. The van der Waals surface area contributed by atoms with Crippen LogP contribution in [0.25, 0.3) is 0 Å². The van der Waals surface area contributed by atoms with Crippen LogP contribution < -0.4 is 4.74 Å². The molecular formula is C17H25NO3. The molecule has 0 saturated carbocycles. The molecule has 0 aliphatic rings. The van der Waals surface area contributed by atoms with Gasteiger partial charge in [0, 0.05) is 25.6 Å². The van der Waals surface area contributed by atoms with Crippen molar-refractivity contribution in [2.75, 3.05) is 26.9 Å². The average molecular weight is 291 g/mol. The van der Waals surface area contributed by atoms with Gasteiger partial charge in [-0.1, -0.05) is 17.9 Å². The van der Waals surface area contributed by atoms with Gasteiger partial charge in [0.1, 0.15) is 5.75 Å². The molecule has 0 unspecified atom stereocenters. The van der Waals surface area contributed by atoms with Crippen molar-refractivity contribution >= 4 is 0 Å². The van der Waals surface area contributed by atoms with Gasteiger partial charge in [0.25, 0.3) is 0 Å². The van der Waals surface area contributed by atoms with Gasteiger partial charge in [0.05, 0.1) is 25.9 Å². The maximum atomic E-state index is 9.14. The Balaban J connectivity index is 2.94. The number of hydrogen-bond donors (Lipinski definition) is 2. The van der Waals surface area contributed by atoms with Crippen LogP contribution in [0, 0.1) is 11.8 Å². The maximum absolute atomic E-state index is 9.14. The Morgan fingerprint density at radius 1 is 1.24 bits per heavy atom. The van der Waals surface area contributed by atoms with Gasteiger partial charge in [-0.2, -0.15) is 0 Å². The molecule has 21 heavy (non-hydrogen) atoms. The third-order valence-corrected chi connectivity index (χ3v) is 3.23. The molecule has 1 rings (SSSR count). The van der Waals surface area contributed by atoms with Crippen molar-refractivity contribution in [2.45, 2.75) is 32.9 Å². The Morgan fingerprint density at radius 2 is 2.00 bits per heavy atom. The molecule has 0 aliphatic heterocycles. The van der Waals surface area contributed by atoms with Crippen LogP contribution in [0.2, 0.25) is 0 Å². The number of ether oxygens (including phenoxy) is 1. The first-order chi connectivity index (χ1) is 10.1. The second kappa shape index (κ2) is 9.41. The number of methoxy groups -OCH3 is 1. The van der Waals surface area contributed by atoms with E-state index in [4.69, 9.17) is 14.9 Å². The molecule has 0 aliphatic carbocycles. The van der Waals surface area contributed by atoms with E-state index in [1.807, 2.05) is 18.2 Å². The summed E-state index contributed by atoms with van der Waals surface area (Å²) in [4.78, 5) is 2.20. The van der Waals surface area contributed by atoms with Gasteiger partial charge in [-0.25, -0.2) is 0 Å². The summed E-state index contributed by atoms with van der Waals surface area (Å²) in [6, 6.07) is 6.30. The fourth-order valence-electron chi connectivity index (χ4n) is 2.05. The van der Waals surface area contributed by atoms with E-state index < -0.39 is 0 Å². The lowest BCUT2D eigenvalue weighted by Crippen LogP contribution is -2.32. The zero-order chi connectivity index (χ0) is 15.7. The smallest absolute Gasteiger partial charge is 0.134 e. The van der Waals surface area contributed by atoms with Gasteiger partial charge in [0.15, 0.2) is 0 Å². The van der Waals surface area contributed by atoms with Crippen molar-refractivity contribution in [3.63, 3.8) is 0 Å². The van der Waals surface area contributed by atoms with Crippen LogP contribution >= 0.6 is 0 Å². The van der Waals surface area contributed by atoms with Crippen LogP contribution in [-0.2, 0) is 6.54 Å². The summed E-state index contributed by atoms with van der Waals surface area (Å²) in [6.07, 6.45) is 0.454. The van der Waals surface area contributed by atoms with Crippen LogP contribution in [0.4, 0.5) is 0 Å². The summed E-state index contributed by atoms with van der Waals surface area (Å²) in [5.74, 6) is 6.70. The Labute approximate surface area is 127 Å². The predicted octanol–water partition coefficient (Wildman–Crippen LogP) is 1.63. The van der Waals surface area contributed by atoms with Crippen LogP contribution in [0.15, 0.2) is 18.2 Å². The summed E-state index contributed by atoms with van der Waals surface area (Å²) >= 11 is 0. The second-order valence-electron chi connectivity index (χ2n) is 5.10. The zero-order valence-corrected chi connectivity index (χ0v) is 13.1. The Morgan fingerprint density at radius 3 is 2.57 bits per heavy atom. The highest BCUT2D eigenvalue weighted by Crippen LogP contribution is 2.20. The van der Waals surface area contributed by atoms with E-state index in [2.05, 4.69) is 30.6 Å². The molecule has 0 fully saturated rings. The molecule has 1 aromatic carbocycles. The molecule has 0 radical (unpaired) electrons. The van der Waals surface area contributed by atoms with E-state index in [0.717, 1.165) is 23.4 Å². The lowest BCUT2D eigenvalue weighted by Gasteiger charge is -2.25. The fourth-order valence-corrected chi connectivity index (χ4v) is 2.05. The van der Waals surface area contributed by atoms with Gasteiger partial charge >= 0.3 is 0 Å². The van der Waals surface area contributed by atoms with Crippen molar-refractivity contribution in [2.24, 2.45) is 0 Å². The highest BCUT2D eigenvalue weighted by Gasteiger charge is 2.10. The van der Waals surface area contributed by atoms with Gasteiger partial charge in [-0.15, -0.1) is 0 Å². The molecule has 0 saturated heterocycles. The summed E-state index contributed by atoms with van der Waals surface area (Å²) < 4.78 is 5.31. The van der Waals surface area contributed by atoms with Crippen LogP contribution in [0.1, 0.15) is 31.4 Å². The first kappa shape index (κ1) is 17.5. The normalized spacial score (nSPS) is 10.6. The van der Waals surface area contributed by atoms with Crippen molar-refractivity contribution < 1.29 is 14.9 Å². The van der Waals surface area contributed by atoms with Crippen molar-refractivity contribution in [3.8, 4) is 17.6 Å². The van der Waals surface area contributed by atoms with Crippen molar-refractivity contribution in [1.82, 2.24) is 4.90 Å². The van der Waals surface area contributed by atoms with Gasteiger partial charge in [-0.05, 0) is 31.5 Å². The molecule has 116 valence electrons. The molecule has 4 heteroatoms. The Kier molecular flexibility index (Phi) is 7.84. The zero-order valence-electron chi connectivity index (χ0n) is 13.1. The molecule has 0 atom stereocenters. The van der Waals surface area contributed by atoms with Gasteiger partial charge in [0.2, 0.25) is 0 Å². The third-order valence-electron chi connectivity index (χ3n) is 3.23. The van der Waals surface area contributed by atoms with Gasteiger partial charge < -0.3 is 14.9 Å². The SMILES string of the molecule is COc1ccc(CN(CCO)C(C)C)cc1C#CCCO. The highest BCUT2D eigenvalue weighted by molar-refractivity contribution is 5.48. The first-order valence-electron chi connectivity index (χ1n) is 7.24. The van der Waals surface area contributed by atoms with Gasteiger partial charge in [-0.3, -0.25) is 4.90 Å². The van der Waals surface area contributed by atoms with E-state index >= 15 is 0 Å². The van der Waals surface area contributed by atoms with Crippen molar-refractivity contribution in [1.29, 1.82) is 0 Å². The van der Waals surface area contributed by atoms with Crippen LogP contribution in [-0.4, -0.2) is 48.0 Å². The largest absolute Gasteiger partial charge is 0.495 e. The number of nitrogens with zero attached hydrogens (tertiary/aromatic N) is 1. The fraction of sp³-hybridized carbons (Fsp3) is 0.529. The minimum absolute atomic E-state index is 0.0621. The lowest BCUT2D eigenvalue weighted by molar-refractivity contribution is 0.159. The Bertz CT molecular complexity index is 489. The highest BCUT2D eigenvalue weighted by atomic mass is 16.5. The standard InChI is InChI=1S/C17H25NO3/c1-14(2)18(9-11-20)13-15-7-8-17(21-3)16(12-15)6-4-5-10-19/h7-8,12,14,19-20H,5,9-11,13H2,1-3H3. The number of aliphatic hydroxyl groups excluding tert-OH is 2. The predicted molar refractivity (Wildman–Crippen MR) is 84.2 cm³/mol. The molecule has 0 aromatic heterocycles. The minimum Gasteiger partial charge on any atom is -0.495 e. The maximum Gasteiger partial charge on any atom is 0.134 e. The monoisotopic (exact) mass is 291 g/mol. The summed E-state index contributed by atoms with van der Waals surface area (Å²) in [5, 5.41) is 17.9. The number of aliphatic hydroxyl groups is 2.